The number of nitrogens with zero attached hydrogens (tertiary/aromatic N) is 1. The molecule has 1 unspecified atom stereocenters. The molecule has 1 saturated heterocycles. The molecule has 0 bridgehead atoms. The van der Waals surface area contributed by atoms with E-state index in [1.54, 1.807) is 0 Å². The van der Waals surface area contributed by atoms with Crippen LogP contribution in [-0.4, -0.2) is 28.8 Å². The highest BCUT2D eigenvalue weighted by Crippen LogP contribution is 2.55. The third kappa shape index (κ3) is 2.29. The Bertz CT molecular complexity index is 673. The van der Waals surface area contributed by atoms with Crippen LogP contribution in [0.1, 0.15) is 11.3 Å². The summed E-state index contributed by atoms with van der Waals surface area (Å²) in [6.45, 7) is -0.211. The molecule has 0 saturated carbocycles. The number of hydrogen-bond acceptors (Lipinski definition) is 4. The molecule has 22 heavy (non-hydrogen) atoms. The number of hydrogen-bond donors (Lipinski definition) is 2. The summed E-state index contributed by atoms with van der Waals surface area (Å²) in [5.41, 5.74) is -2.26. The average Bonchev–Trinajstić information content (AvgIpc) is 3.30. The predicted molar refractivity (Wildman–Crippen MR) is 72.0 cm³/mol. The first kappa shape index (κ1) is 15.0. The van der Waals surface area contributed by atoms with Gasteiger partial charge in [-0.05, 0) is 23.8 Å². The van der Waals surface area contributed by atoms with Gasteiger partial charge >= 0.3 is 13.0 Å². The molecule has 2 aromatic rings. The Balaban J connectivity index is 1.96. The van der Waals surface area contributed by atoms with Crippen molar-refractivity contribution in [2.75, 3.05) is 6.61 Å². The molecule has 0 amide bonds. The molecule has 2 heterocycles. The summed E-state index contributed by atoms with van der Waals surface area (Å²) in [5.74, 6) is -3.97. The van der Waals surface area contributed by atoms with E-state index < -0.39 is 30.2 Å². The molecule has 1 aliphatic heterocycles. The largest absolute Gasteiger partial charge is 0.490 e. The molecule has 8 heteroatoms. The lowest BCUT2D eigenvalue weighted by atomic mass is 9.81. The second-order valence-electron chi connectivity index (χ2n) is 5.05. The summed E-state index contributed by atoms with van der Waals surface area (Å²) < 4.78 is 47.4. The first-order valence-corrected chi connectivity index (χ1v) is 6.47. The maximum absolute atomic E-state index is 14.7. The van der Waals surface area contributed by atoms with Gasteiger partial charge in [-0.25, -0.2) is 4.39 Å². The van der Waals surface area contributed by atoms with E-state index in [0.717, 1.165) is 30.5 Å². The van der Waals surface area contributed by atoms with Gasteiger partial charge in [-0.3, -0.25) is 4.98 Å². The van der Waals surface area contributed by atoms with Crippen LogP contribution in [0, 0.1) is 5.82 Å². The first-order chi connectivity index (χ1) is 10.4. The van der Waals surface area contributed by atoms with Gasteiger partial charge in [0.15, 0.2) is 5.60 Å². The van der Waals surface area contributed by atoms with Gasteiger partial charge in [0.25, 0.3) is 0 Å². The number of halogens is 3. The Labute approximate surface area is 124 Å². The molecule has 2 N–H and O–H groups in total. The fourth-order valence-corrected chi connectivity index (χ4v) is 2.27. The highest BCUT2D eigenvalue weighted by Gasteiger charge is 2.67. The molecule has 0 aliphatic carbocycles. The molecule has 0 spiro atoms. The zero-order chi connectivity index (χ0) is 16.0. The summed E-state index contributed by atoms with van der Waals surface area (Å²) in [6, 6.07) is 6.86. The van der Waals surface area contributed by atoms with E-state index in [1.165, 1.54) is 12.1 Å². The Hall–Kier alpha value is -1.90. The highest BCUT2D eigenvalue weighted by atomic mass is 19.3. The van der Waals surface area contributed by atoms with E-state index in [1.807, 2.05) is 0 Å². The van der Waals surface area contributed by atoms with Crippen molar-refractivity contribution >= 4 is 12.6 Å². The van der Waals surface area contributed by atoms with Gasteiger partial charge in [-0.2, -0.15) is 8.78 Å². The Morgan fingerprint density at radius 2 is 1.77 bits per heavy atom. The van der Waals surface area contributed by atoms with Gasteiger partial charge in [0, 0.05) is 11.7 Å². The Morgan fingerprint density at radius 3 is 2.23 bits per heavy atom. The molecule has 1 aromatic heterocycles. The van der Waals surface area contributed by atoms with Gasteiger partial charge in [0.2, 0.25) is 0 Å². The summed E-state index contributed by atoms with van der Waals surface area (Å²) in [7, 11) is -1.78. The van der Waals surface area contributed by atoms with Crippen molar-refractivity contribution in [2.24, 2.45) is 0 Å². The minimum atomic E-state index is -3.44. The molecule has 1 aliphatic rings. The second-order valence-corrected chi connectivity index (χ2v) is 5.05. The Kier molecular flexibility index (Phi) is 3.47. The van der Waals surface area contributed by atoms with Crippen LogP contribution in [-0.2, 0) is 16.3 Å². The van der Waals surface area contributed by atoms with E-state index in [4.69, 9.17) is 14.8 Å². The van der Waals surface area contributed by atoms with Gasteiger partial charge < -0.3 is 14.8 Å². The van der Waals surface area contributed by atoms with E-state index >= 15 is 0 Å². The number of alkyl halides is 2. The van der Waals surface area contributed by atoms with Gasteiger partial charge in [-0.1, -0.05) is 18.2 Å². The second kappa shape index (κ2) is 5.08. The normalized spacial score (nSPS) is 20.8. The van der Waals surface area contributed by atoms with Gasteiger partial charge in [-0.15, -0.1) is 0 Å². The quantitative estimate of drug-likeness (QED) is 0.651. The van der Waals surface area contributed by atoms with E-state index in [2.05, 4.69) is 4.98 Å². The number of benzene rings is 1. The Morgan fingerprint density at radius 1 is 1.14 bits per heavy atom. The third-order valence-electron chi connectivity index (χ3n) is 3.66. The monoisotopic (exact) mass is 309 g/mol. The minimum Gasteiger partial charge on any atom is -0.423 e. The van der Waals surface area contributed by atoms with Crippen LogP contribution >= 0.6 is 0 Å². The van der Waals surface area contributed by atoms with Crippen LogP contribution in [0.5, 0.6) is 0 Å². The summed E-state index contributed by atoms with van der Waals surface area (Å²) >= 11 is 0. The standard InChI is InChI=1S/C14H11BF3NO3/c16-11-4-1-9(2-5-11)13(8-22-13)14(17,18)12-6-3-10(7-19-12)15(20)21/h1-7,20-21H,8H2. The first-order valence-electron chi connectivity index (χ1n) is 6.47. The number of ether oxygens (including phenoxy) is 1. The number of epoxide rings is 1. The summed E-state index contributed by atoms with van der Waals surface area (Å²) in [4.78, 5) is 3.60. The number of rotatable bonds is 4. The lowest BCUT2D eigenvalue weighted by Crippen LogP contribution is -2.35. The van der Waals surface area contributed by atoms with Crippen LogP contribution in [0.3, 0.4) is 0 Å². The van der Waals surface area contributed by atoms with Crippen molar-refractivity contribution in [3.8, 4) is 0 Å². The van der Waals surface area contributed by atoms with Crippen LogP contribution in [0.4, 0.5) is 13.2 Å². The SMILES string of the molecule is OB(O)c1ccc(C(F)(F)C2(c3ccc(F)cc3)CO2)nc1. The molecule has 114 valence electrons. The number of pyridine rings is 1. The topological polar surface area (TPSA) is 65.9 Å². The van der Waals surface area contributed by atoms with Crippen molar-refractivity contribution in [1.29, 1.82) is 0 Å². The van der Waals surface area contributed by atoms with Crippen molar-refractivity contribution in [2.45, 2.75) is 11.5 Å². The lowest BCUT2D eigenvalue weighted by molar-refractivity contribution is -0.0889. The smallest absolute Gasteiger partial charge is 0.423 e. The average molecular weight is 309 g/mol. The molecule has 3 rings (SSSR count). The third-order valence-corrected chi connectivity index (χ3v) is 3.66. The summed E-state index contributed by atoms with van der Waals surface area (Å²) in [5, 5.41) is 17.9. The van der Waals surface area contributed by atoms with E-state index in [0.29, 0.717) is 0 Å². The fourth-order valence-electron chi connectivity index (χ4n) is 2.27. The van der Waals surface area contributed by atoms with Crippen LogP contribution in [0.25, 0.3) is 0 Å². The van der Waals surface area contributed by atoms with Crippen molar-refractivity contribution in [3.05, 3.63) is 59.7 Å². The fraction of sp³-hybridized carbons (Fsp3) is 0.214. The molecule has 1 atom stereocenters. The van der Waals surface area contributed by atoms with Gasteiger partial charge in [0.05, 0.1) is 6.61 Å². The van der Waals surface area contributed by atoms with Crippen molar-refractivity contribution in [1.82, 2.24) is 4.98 Å². The highest BCUT2D eigenvalue weighted by molar-refractivity contribution is 6.58. The van der Waals surface area contributed by atoms with Crippen molar-refractivity contribution in [3.63, 3.8) is 0 Å². The molecular weight excluding hydrogens is 298 g/mol. The molecule has 4 nitrogen and oxygen atoms in total. The minimum absolute atomic E-state index is 0.00657. The zero-order valence-electron chi connectivity index (χ0n) is 11.2. The van der Waals surface area contributed by atoms with Crippen molar-refractivity contribution < 1.29 is 28.0 Å². The van der Waals surface area contributed by atoms with E-state index in [-0.39, 0.29) is 17.6 Å². The van der Waals surface area contributed by atoms with E-state index in [9.17, 15) is 13.2 Å². The molecule has 1 aromatic carbocycles. The maximum atomic E-state index is 14.7. The predicted octanol–water partition coefficient (Wildman–Crippen LogP) is 0.918. The van der Waals surface area contributed by atoms with Crippen LogP contribution in [0.2, 0.25) is 0 Å². The van der Waals surface area contributed by atoms with Gasteiger partial charge in [0.1, 0.15) is 11.5 Å². The molecule has 1 fully saturated rings. The summed E-state index contributed by atoms with van der Waals surface area (Å²) in [6.07, 6.45) is 0.967. The molecular formula is C14H11BF3NO3. The maximum Gasteiger partial charge on any atom is 0.490 e. The van der Waals surface area contributed by atoms with Crippen LogP contribution in [0.15, 0.2) is 42.6 Å². The van der Waals surface area contributed by atoms with Crippen LogP contribution < -0.4 is 5.46 Å². The molecule has 0 radical (unpaired) electrons. The number of aromatic nitrogens is 1. The zero-order valence-corrected chi connectivity index (χ0v) is 11.2. The lowest BCUT2D eigenvalue weighted by Gasteiger charge is -2.24.